The van der Waals surface area contributed by atoms with Crippen molar-refractivity contribution >= 4 is 28.4 Å². The first-order valence-electron chi connectivity index (χ1n) is 6.12. The lowest BCUT2D eigenvalue weighted by atomic mass is 10.1. The molecule has 0 atom stereocenters. The summed E-state index contributed by atoms with van der Waals surface area (Å²) in [6.07, 6.45) is 5.16. The summed E-state index contributed by atoms with van der Waals surface area (Å²) in [6, 6.07) is 7.63. The number of carbonyl (C=O) groups excluding carboxylic acids is 1. The molecule has 1 saturated carbocycles. The molecule has 2 nitrogen and oxygen atoms in total. The van der Waals surface area contributed by atoms with Crippen LogP contribution in [0.4, 0.5) is 0 Å². The minimum atomic E-state index is 0.0828. The van der Waals surface area contributed by atoms with Crippen LogP contribution >= 0.6 is 22.6 Å². The van der Waals surface area contributed by atoms with E-state index in [-0.39, 0.29) is 12.4 Å². The highest BCUT2D eigenvalue weighted by molar-refractivity contribution is 14.1. The highest BCUT2D eigenvalue weighted by atomic mass is 127. The molecule has 1 aromatic carbocycles. The van der Waals surface area contributed by atoms with E-state index in [9.17, 15) is 4.79 Å². The number of ether oxygens (including phenoxy) is 1. The summed E-state index contributed by atoms with van der Waals surface area (Å²) in [7, 11) is 0. The molecule has 0 amide bonds. The van der Waals surface area contributed by atoms with Crippen molar-refractivity contribution in [3.05, 3.63) is 33.4 Å². The quantitative estimate of drug-likeness (QED) is 0.602. The maximum absolute atomic E-state index is 11.8. The van der Waals surface area contributed by atoms with Crippen LogP contribution in [0.1, 0.15) is 36.0 Å². The smallest absolute Gasteiger partial charge is 0.188 e. The van der Waals surface area contributed by atoms with Gasteiger partial charge in [-0.15, -0.1) is 0 Å². The van der Waals surface area contributed by atoms with Gasteiger partial charge in [0.1, 0.15) is 6.61 Å². The Balaban J connectivity index is 1.75. The fourth-order valence-corrected chi connectivity index (χ4v) is 2.57. The van der Waals surface area contributed by atoms with E-state index >= 15 is 0 Å². The first kappa shape index (κ1) is 13.0. The molecule has 3 heteroatoms. The van der Waals surface area contributed by atoms with E-state index in [4.69, 9.17) is 4.74 Å². The van der Waals surface area contributed by atoms with Gasteiger partial charge in [-0.25, -0.2) is 0 Å². The minimum absolute atomic E-state index is 0.0828. The zero-order chi connectivity index (χ0) is 12.1. The zero-order valence-corrected chi connectivity index (χ0v) is 12.0. The van der Waals surface area contributed by atoms with Gasteiger partial charge in [0, 0.05) is 9.13 Å². The first-order chi connectivity index (χ1) is 8.25. The third kappa shape index (κ3) is 4.07. The van der Waals surface area contributed by atoms with Crippen molar-refractivity contribution in [3.8, 4) is 0 Å². The van der Waals surface area contributed by atoms with Crippen molar-refractivity contribution in [2.45, 2.75) is 25.7 Å². The predicted molar refractivity (Wildman–Crippen MR) is 76.3 cm³/mol. The Morgan fingerprint density at radius 1 is 1.24 bits per heavy atom. The maximum Gasteiger partial charge on any atom is 0.188 e. The molecule has 0 N–H and O–H groups in total. The van der Waals surface area contributed by atoms with Gasteiger partial charge in [0.05, 0.1) is 6.61 Å². The Hall–Kier alpha value is -0.420. The van der Waals surface area contributed by atoms with Gasteiger partial charge < -0.3 is 4.74 Å². The topological polar surface area (TPSA) is 26.3 Å². The van der Waals surface area contributed by atoms with E-state index < -0.39 is 0 Å². The molecule has 1 fully saturated rings. The maximum atomic E-state index is 11.8. The Bertz CT molecular complexity index is 366. The van der Waals surface area contributed by atoms with E-state index in [0.717, 1.165) is 15.7 Å². The van der Waals surface area contributed by atoms with Gasteiger partial charge >= 0.3 is 0 Å². The zero-order valence-electron chi connectivity index (χ0n) is 9.82. The summed E-state index contributed by atoms with van der Waals surface area (Å²) in [6.45, 7) is 0.965. The molecular formula is C14H17IO2. The van der Waals surface area contributed by atoms with Gasteiger partial charge in [0.2, 0.25) is 0 Å². The molecule has 0 aliphatic heterocycles. The van der Waals surface area contributed by atoms with Crippen molar-refractivity contribution < 1.29 is 9.53 Å². The van der Waals surface area contributed by atoms with Crippen molar-refractivity contribution in [1.29, 1.82) is 0 Å². The Morgan fingerprint density at radius 2 is 1.88 bits per heavy atom. The highest BCUT2D eigenvalue weighted by Crippen LogP contribution is 2.24. The molecule has 0 bridgehead atoms. The standard InChI is InChI=1S/C14H17IO2/c15-13-7-5-12(6-8-13)14(16)10-17-9-11-3-1-2-4-11/h5-8,11H,1-4,9-10H2. The minimum Gasteiger partial charge on any atom is -0.373 e. The average molecular weight is 344 g/mol. The van der Waals surface area contributed by atoms with Crippen LogP contribution in [-0.4, -0.2) is 19.0 Å². The van der Waals surface area contributed by atoms with Gasteiger partial charge in [-0.05, 0) is 53.5 Å². The first-order valence-corrected chi connectivity index (χ1v) is 7.20. The second-order valence-electron chi connectivity index (χ2n) is 4.60. The molecular weight excluding hydrogens is 327 g/mol. The second kappa shape index (κ2) is 6.50. The van der Waals surface area contributed by atoms with Crippen LogP contribution in [0.15, 0.2) is 24.3 Å². The van der Waals surface area contributed by atoms with Crippen LogP contribution in [0.2, 0.25) is 0 Å². The fourth-order valence-electron chi connectivity index (χ4n) is 2.21. The van der Waals surface area contributed by atoms with Crippen LogP contribution in [0, 0.1) is 9.49 Å². The van der Waals surface area contributed by atoms with E-state index in [1.165, 1.54) is 25.7 Å². The van der Waals surface area contributed by atoms with E-state index in [0.29, 0.717) is 5.92 Å². The lowest BCUT2D eigenvalue weighted by Crippen LogP contribution is -2.13. The van der Waals surface area contributed by atoms with Gasteiger partial charge in [-0.3, -0.25) is 4.79 Å². The molecule has 92 valence electrons. The van der Waals surface area contributed by atoms with Crippen molar-refractivity contribution in [1.82, 2.24) is 0 Å². The third-order valence-corrected chi connectivity index (χ3v) is 3.95. The van der Waals surface area contributed by atoms with Gasteiger partial charge in [0.25, 0.3) is 0 Å². The number of hydrogen-bond acceptors (Lipinski definition) is 2. The van der Waals surface area contributed by atoms with Gasteiger partial charge in [-0.2, -0.15) is 0 Å². The number of halogens is 1. The van der Waals surface area contributed by atoms with Gasteiger partial charge in [-0.1, -0.05) is 25.0 Å². The molecule has 17 heavy (non-hydrogen) atoms. The Labute approximate surface area is 116 Å². The number of rotatable bonds is 5. The molecule has 0 aromatic heterocycles. The second-order valence-corrected chi connectivity index (χ2v) is 5.84. The molecule has 1 aliphatic rings. The summed E-state index contributed by atoms with van der Waals surface area (Å²) in [5.41, 5.74) is 0.747. The number of ketones is 1. The predicted octanol–water partition coefficient (Wildman–Crippen LogP) is 3.68. The summed E-state index contributed by atoms with van der Waals surface area (Å²) in [4.78, 5) is 11.8. The Kier molecular flexibility index (Phi) is 4.98. The lowest BCUT2D eigenvalue weighted by molar-refractivity contribution is 0.0681. The van der Waals surface area contributed by atoms with E-state index in [1.807, 2.05) is 24.3 Å². The van der Waals surface area contributed by atoms with Gasteiger partial charge in [0.15, 0.2) is 5.78 Å². The van der Waals surface area contributed by atoms with Crippen molar-refractivity contribution in [2.24, 2.45) is 5.92 Å². The average Bonchev–Trinajstić information content (AvgIpc) is 2.83. The number of Topliss-reactive ketones (excluding diaryl/α,β-unsaturated/α-hetero) is 1. The molecule has 1 aromatic rings. The summed E-state index contributed by atoms with van der Waals surface area (Å²) in [5.74, 6) is 0.763. The SMILES string of the molecule is O=C(COCC1CCCC1)c1ccc(I)cc1. The molecule has 2 rings (SSSR count). The van der Waals surface area contributed by atoms with Crippen LogP contribution in [0.25, 0.3) is 0 Å². The molecule has 1 aliphatic carbocycles. The largest absolute Gasteiger partial charge is 0.373 e. The fraction of sp³-hybridized carbons (Fsp3) is 0.500. The van der Waals surface area contributed by atoms with Crippen LogP contribution in [0.5, 0.6) is 0 Å². The number of benzene rings is 1. The van der Waals surface area contributed by atoms with E-state index in [2.05, 4.69) is 22.6 Å². The number of hydrogen-bond donors (Lipinski definition) is 0. The van der Waals surface area contributed by atoms with Crippen molar-refractivity contribution in [2.75, 3.05) is 13.2 Å². The molecule has 0 spiro atoms. The molecule has 0 heterocycles. The van der Waals surface area contributed by atoms with Crippen LogP contribution in [0.3, 0.4) is 0 Å². The lowest BCUT2D eigenvalue weighted by Gasteiger charge is -2.09. The summed E-state index contributed by atoms with van der Waals surface area (Å²) in [5, 5.41) is 0. The monoisotopic (exact) mass is 344 g/mol. The van der Waals surface area contributed by atoms with Crippen LogP contribution in [-0.2, 0) is 4.74 Å². The molecule has 0 unspecified atom stereocenters. The van der Waals surface area contributed by atoms with E-state index in [1.54, 1.807) is 0 Å². The molecule has 0 radical (unpaired) electrons. The number of carbonyl (C=O) groups is 1. The highest BCUT2D eigenvalue weighted by Gasteiger charge is 2.15. The normalized spacial score (nSPS) is 16.3. The summed E-state index contributed by atoms with van der Waals surface area (Å²) >= 11 is 2.23. The molecule has 0 saturated heterocycles. The summed E-state index contributed by atoms with van der Waals surface area (Å²) < 4.78 is 6.66. The van der Waals surface area contributed by atoms with Crippen LogP contribution < -0.4 is 0 Å². The Morgan fingerprint density at radius 3 is 2.53 bits per heavy atom. The third-order valence-electron chi connectivity index (χ3n) is 3.23. The van der Waals surface area contributed by atoms with Crippen molar-refractivity contribution in [3.63, 3.8) is 0 Å².